The zero-order valence-electron chi connectivity index (χ0n) is 10.6. The zero-order chi connectivity index (χ0) is 13.8. The number of hydrogen-bond donors (Lipinski definition) is 0. The largest absolute Gasteiger partial charge is 0.485 e. The number of hydrogen-bond acceptors (Lipinski definition) is 5. The van der Waals surface area contributed by atoms with Gasteiger partial charge in [-0.3, -0.25) is 4.79 Å². The smallest absolute Gasteiger partial charge is 0.229 e. The van der Waals surface area contributed by atoms with Gasteiger partial charge in [0.1, 0.15) is 11.6 Å². The van der Waals surface area contributed by atoms with Gasteiger partial charge in [0.15, 0.2) is 12.9 Å². The molecule has 2 rings (SSSR count). The van der Waals surface area contributed by atoms with E-state index in [1.807, 2.05) is 13.8 Å². The monoisotopic (exact) mass is 264 g/mol. The predicted octanol–water partition coefficient (Wildman–Crippen LogP) is 2.72. The number of aldehydes is 1. The summed E-state index contributed by atoms with van der Waals surface area (Å²) in [6.07, 6.45) is 0.536. The minimum absolute atomic E-state index is 0.0582. The van der Waals surface area contributed by atoms with Gasteiger partial charge in [-0.2, -0.15) is 4.98 Å². The van der Waals surface area contributed by atoms with Gasteiger partial charge in [-0.25, -0.2) is 4.39 Å². The molecule has 0 saturated carbocycles. The maximum atomic E-state index is 12.9. The van der Waals surface area contributed by atoms with Crippen molar-refractivity contribution in [3.05, 3.63) is 41.3 Å². The molecule has 5 nitrogen and oxygen atoms in total. The molecule has 6 heteroatoms. The first-order valence-electron chi connectivity index (χ1n) is 5.80. The summed E-state index contributed by atoms with van der Waals surface area (Å²) in [5.74, 6) is 0.833. The molecule has 100 valence electrons. The van der Waals surface area contributed by atoms with Crippen LogP contribution in [0.15, 0.2) is 22.7 Å². The number of aromatic nitrogens is 2. The van der Waals surface area contributed by atoms with E-state index in [1.54, 1.807) is 0 Å². The van der Waals surface area contributed by atoms with E-state index in [2.05, 4.69) is 10.1 Å². The Morgan fingerprint density at radius 3 is 2.89 bits per heavy atom. The molecule has 1 heterocycles. The van der Waals surface area contributed by atoms with Crippen LogP contribution in [-0.2, 0) is 6.61 Å². The van der Waals surface area contributed by atoms with Crippen LogP contribution in [0, 0.1) is 5.82 Å². The van der Waals surface area contributed by atoms with Crippen LogP contribution in [0.1, 0.15) is 41.8 Å². The van der Waals surface area contributed by atoms with Crippen LogP contribution in [0.5, 0.6) is 5.75 Å². The summed E-state index contributed by atoms with van der Waals surface area (Å²) in [4.78, 5) is 14.9. The lowest BCUT2D eigenvalue weighted by molar-refractivity contribution is 0.111. The first-order chi connectivity index (χ1) is 9.10. The maximum Gasteiger partial charge on any atom is 0.229 e. The van der Waals surface area contributed by atoms with Gasteiger partial charge in [0.05, 0.1) is 5.56 Å². The molecule has 0 radical (unpaired) electrons. The number of nitrogens with zero attached hydrogens (tertiary/aromatic N) is 2. The highest BCUT2D eigenvalue weighted by atomic mass is 19.1. The van der Waals surface area contributed by atoms with Crippen molar-refractivity contribution in [2.45, 2.75) is 26.4 Å². The maximum absolute atomic E-state index is 12.9. The number of halogens is 1. The van der Waals surface area contributed by atoms with E-state index in [9.17, 15) is 9.18 Å². The van der Waals surface area contributed by atoms with Gasteiger partial charge in [0, 0.05) is 5.92 Å². The van der Waals surface area contributed by atoms with Crippen LogP contribution in [-0.4, -0.2) is 16.4 Å². The predicted molar refractivity (Wildman–Crippen MR) is 64.5 cm³/mol. The van der Waals surface area contributed by atoms with Crippen molar-refractivity contribution in [3.8, 4) is 5.75 Å². The molecule has 0 aliphatic heterocycles. The average Bonchev–Trinajstić information content (AvgIpc) is 2.86. The number of carbonyl (C=O) groups is 1. The highest BCUT2D eigenvalue weighted by molar-refractivity contribution is 5.79. The molecule has 1 aromatic heterocycles. The van der Waals surface area contributed by atoms with E-state index >= 15 is 0 Å². The van der Waals surface area contributed by atoms with Crippen molar-refractivity contribution in [3.63, 3.8) is 0 Å². The number of carbonyl (C=O) groups excluding carboxylic acids is 1. The van der Waals surface area contributed by atoms with E-state index in [-0.39, 0.29) is 23.8 Å². The normalized spacial score (nSPS) is 10.7. The molecule has 0 bridgehead atoms. The fourth-order valence-corrected chi connectivity index (χ4v) is 1.45. The Morgan fingerprint density at radius 1 is 1.47 bits per heavy atom. The van der Waals surface area contributed by atoms with Gasteiger partial charge in [-0.15, -0.1) is 0 Å². The Hall–Kier alpha value is -2.24. The van der Waals surface area contributed by atoms with Gasteiger partial charge in [0.2, 0.25) is 11.7 Å². The molecule has 2 aromatic rings. The van der Waals surface area contributed by atoms with Gasteiger partial charge >= 0.3 is 0 Å². The molecule has 0 spiro atoms. The molecule has 0 N–H and O–H groups in total. The summed E-state index contributed by atoms with van der Waals surface area (Å²) in [6, 6.07) is 3.72. The molecule has 0 atom stereocenters. The standard InChI is InChI=1S/C13H13FN2O3/c1-8(2)13-15-12(16-19-13)7-18-11-4-3-10(14)5-9(11)6-17/h3-6,8H,7H2,1-2H3. The van der Waals surface area contributed by atoms with Crippen LogP contribution in [0.3, 0.4) is 0 Å². The van der Waals surface area contributed by atoms with Gasteiger partial charge in [-0.05, 0) is 18.2 Å². The summed E-state index contributed by atoms with van der Waals surface area (Å²) >= 11 is 0. The highest BCUT2D eigenvalue weighted by Crippen LogP contribution is 2.19. The van der Waals surface area contributed by atoms with E-state index in [0.29, 0.717) is 18.0 Å². The molecule has 0 amide bonds. The van der Waals surface area contributed by atoms with Crippen molar-refractivity contribution in [1.29, 1.82) is 0 Å². The van der Waals surface area contributed by atoms with Crippen molar-refractivity contribution in [1.82, 2.24) is 10.1 Å². The van der Waals surface area contributed by atoms with E-state index in [4.69, 9.17) is 9.26 Å². The second-order valence-corrected chi connectivity index (χ2v) is 4.29. The van der Waals surface area contributed by atoms with Crippen molar-refractivity contribution < 1.29 is 18.4 Å². The summed E-state index contributed by atoms with van der Waals surface area (Å²) in [5.41, 5.74) is 0.146. The summed E-state index contributed by atoms with van der Waals surface area (Å²) in [5, 5.41) is 3.75. The molecule has 0 unspecified atom stereocenters. The molecular weight excluding hydrogens is 251 g/mol. The number of benzene rings is 1. The van der Waals surface area contributed by atoms with E-state index in [0.717, 1.165) is 6.07 Å². The molecule has 0 aliphatic rings. The van der Waals surface area contributed by atoms with Crippen LogP contribution in [0.4, 0.5) is 4.39 Å². The van der Waals surface area contributed by atoms with Crippen LogP contribution >= 0.6 is 0 Å². The Balaban J connectivity index is 2.07. The average molecular weight is 264 g/mol. The lowest BCUT2D eigenvalue weighted by Crippen LogP contribution is -2.00. The molecule has 0 saturated heterocycles. The second-order valence-electron chi connectivity index (χ2n) is 4.29. The van der Waals surface area contributed by atoms with E-state index in [1.165, 1.54) is 12.1 Å². The van der Waals surface area contributed by atoms with Gasteiger partial charge in [0.25, 0.3) is 0 Å². The Morgan fingerprint density at radius 2 is 2.26 bits per heavy atom. The molecule has 1 aromatic carbocycles. The van der Waals surface area contributed by atoms with Crippen LogP contribution < -0.4 is 4.74 Å². The first kappa shape index (κ1) is 13.2. The van der Waals surface area contributed by atoms with Crippen molar-refractivity contribution in [2.75, 3.05) is 0 Å². The van der Waals surface area contributed by atoms with Crippen molar-refractivity contribution >= 4 is 6.29 Å². The van der Waals surface area contributed by atoms with Crippen LogP contribution in [0.2, 0.25) is 0 Å². The fraction of sp³-hybridized carbons (Fsp3) is 0.308. The summed E-state index contributed by atoms with van der Waals surface area (Å²) in [7, 11) is 0. The SMILES string of the molecule is CC(C)c1nc(COc2ccc(F)cc2C=O)no1. The van der Waals surface area contributed by atoms with Crippen LogP contribution in [0.25, 0.3) is 0 Å². The Bertz CT molecular complexity index is 581. The minimum Gasteiger partial charge on any atom is -0.485 e. The lowest BCUT2D eigenvalue weighted by atomic mass is 10.2. The molecular formula is C13H13FN2O3. The van der Waals surface area contributed by atoms with Gasteiger partial charge < -0.3 is 9.26 Å². The third-order valence-corrected chi connectivity index (χ3v) is 2.43. The number of rotatable bonds is 5. The topological polar surface area (TPSA) is 65.2 Å². The lowest BCUT2D eigenvalue weighted by Gasteiger charge is -2.05. The number of ether oxygens (including phenoxy) is 1. The fourth-order valence-electron chi connectivity index (χ4n) is 1.45. The molecule has 0 aliphatic carbocycles. The van der Waals surface area contributed by atoms with E-state index < -0.39 is 5.82 Å². The molecule has 0 fully saturated rings. The highest BCUT2D eigenvalue weighted by Gasteiger charge is 2.11. The summed E-state index contributed by atoms with van der Waals surface area (Å²) in [6.45, 7) is 3.92. The quantitative estimate of drug-likeness (QED) is 0.777. The second kappa shape index (κ2) is 5.60. The Kier molecular flexibility index (Phi) is 3.89. The molecule has 19 heavy (non-hydrogen) atoms. The minimum atomic E-state index is -0.490. The zero-order valence-corrected chi connectivity index (χ0v) is 10.6. The van der Waals surface area contributed by atoms with Crippen molar-refractivity contribution in [2.24, 2.45) is 0 Å². The Labute approximate surface area is 109 Å². The van der Waals surface area contributed by atoms with Gasteiger partial charge in [-0.1, -0.05) is 19.0 Å². The third-order valence-electron chi connectivity index (χ3n) is 2.43. The first-order valence-corrected chi connectivity index (χ1v) is 5.80. The summed E-state index contributed by atoms with van der Waals surface area (Å²) < 4.78 is 23.3. The third kappa shape index (κ3) is 3.15.